The highest BCUT2D eigenvalue weighted by molar-refractivity contribution is 4.90. The molecule has 1 aliphatic carbocycles. The topological polar surface area (TPSA) is 0 Å². The van der Waals surface area contributed by atoms with E-state index in [4.69, 9.17) is 0 Å². The van der Waals surface area contributed by atoms with Gasteiger partial charge in [-0.3, -0.25) is 0 Å². The molecule has 0 amide bonds. The van der Waals surface area contributed by atoms with Crippen molar-refractivity contribution in [3.8, 4) is 0 Å². The fraction of sp³-hybridized carbons (Fsp3) is 1.00. The second-order valence-corrected chi connectivity index (χ2v) is 3.88. The van der Waals surface area contributed by atoms with Gasteiger partial charge in [0.1, 0.15) is 0 Å². The SMILES string of the molecule is CCCCCC1[C@@H](C)[C@H]1C. The van der Waals surface area contributed by atoms with Gasteiger partial charge in [0.05, 0.1) is 0 Å². The zero-order valence-corrected chi connectivity index (χ0v) is 7.56. The number of unbranched alkanes of at least 4 members (excludes halogenated alkanes) is 2. The zero-order chi connectivity index (χ0) is 7.56. The summed E-state index contributed by atoms with van der Waals surface area (Å²) in [5.74, 6) is 3.17. The van der Waals surface area contributed by atoms with Crippen LogP contribution in [0.4, 0.5) is 0 Å². The molecular weight excluding hydrogens is 120 g/mol. The smallest absolute Gasteiger partial charge is 0.0357 e. The maximum atomic E-state index is 2.39. The normalized spacial score (nSPS) is 38.1. The molecule has 1 unspecified atom stereocenters. The first-order valence-electron chi connectivity index (χ1n) is 4.77. The van der Waals surface area contributed by atoms with Gasteiger partial charge in [0.2, 0.25) is 0 Å². The van der Waals surface area contributed by atoms with E-state index in [1.54, 1.807) is 0 Å². The highest BCUT2D eigenvalue weighted by Gasteiger charge is 2.41. The van der Waals surface area contributed by atoms with Gasteiger partial charge in [-0.2, -0.15) is 0 Å². The Bertz CT molecular complexity index is 88.2. The van der Waals surface area contributed by atoms with Crippen LogP contribution in [0.25, 0.3) is 0 Å². The van der Waals surface area contributed by atoms with E-state index in [-0.39, 0.29) is 0 Å². The second kappa shape index (κ2) is 3.41. The molecule has 10 heavy (non-hydrogen) atoms. The molecule has 0 radical (unpaired) electrons. The molecule has 0 aromatic rings. The van der Waals surface area contributed by atoms with Crippen molar-refractivity contribution in [3.63, 3.8) is 0 Å². The molecule has 0 nitrogen and oxygen atoms in total. The fourth-order valence-corrected chi connectivity index (χ4v) is 1.92. The van der Waals surface area contributed by atoms with Crippen molar-refractivity contribution >= 4 is 0 Å². The van der Waals surface area contributed by atoms with E-state index in [0.29, 0.717) is 0 Å². The third-order valence-electron chi connectivity index (χ3n) is 3.18. The minimum absolute atomic E-state index is 1.04. The first-order chi connectivity index (χ1) is 4.77. The molecule has 3 atom stereocenters. The van der Waals surface area contributed by atoms with Gasteiger partial charge in [-0.05, 0) is 24.2 Å². The first kappa shape index (κ1) is 8.10. The van der Waals surface area contributed by atoms with Crippen LogP contribution in [-0.2, 0) is 0 Å². The summed E-state index contributed by atoms with van der Waals surface area (Å²) in [6.45, 7) is 7.06. The van der Waals surface area contributed by atoms with Crippen LogP contribution in [0.2, 0.25) is 0 Å². The number of hydrogen-bond donors (Lipinski definition) is 0. The lowest BCUT2D eigenvalue weighted by Crippen LogP contribution is -1.80. The van der Waals surface area contributed by atoms with Crippen molar-refractivity contribution in [1.82, 2.24) is 0 Å². The van der Waals surface area contributed by atoms with Crippen LogP contribution >= 0.6 is 0 Å². The van der Waals surface area contributed by atoms with Gasteiger partial charge in [0.15, 0.2) is 0 Å². The molecule has 0 aliphatic heterocycles. The van der Waals surface area contributed by atoms with Crippen LogP contribution < -0.4 is 0 Å². The first-order valence-corrected chi connectivity index (χ1v) is 4.77. The lowest BCUT2D eigenvalue weighted by Gasteiger charge is -1.95. The largest absolute Gasteiger partial charge is 0.0654 e. The number of hydrogen-bond acceptors (Lipinski definition) is 0. The molecule has 0 spiro atoms. The van der Waals surface area contributed by atoms with E-state index in [0.717, 1.165) is 17.8 Å². The van der Waals surface area contributed by atoms with Crippen LogP contribution in [0.1, 0.15) is 46.5 Å². The molecule has 1 aliphatic rings. The standard InChI is InChI=1S/C10H20/c1-4-5-6-7-10-8(2)9(10)3/h8-10H,4-7H2,1-3H3/t8-,9+,10?. The third kappa shape index (κ3) is 1.74. The van der Waals surface area contributed by atoms with Crippen LogP contribution in [0, 0.1) is 17.8 Å². The lowest BCUT2D eigenvalue weighted by molar-refractivity contribution is 0.583. The summed E-state index contributed by atoms with van der Waals surface area (Å²) in [5, 5.41) is 0. The molecule has 1 fully saturated rings. The van der Waals surface area contributed by atoms with Gasteiger partial charge in [-0.15, -0.1) is 0 Å². The highest BCUT2D eigenvalue weighted by Crippen LogP contribution is 2.48. The number of rotatable bonds is 4. The maximum absolute atomic E-state index is 2.39. The van der Waals surface area contributed by atoms with Crippen molar-refractivity contribution in [3.05, 3.63) is 0 Å². The Morgan fingerprint density at radius 1 is 1.00 bits per heavy atom. The molecule has 60 valence electrons. The molecule has 0 N–H and O–H groups in total. The van der Waals surface area contributed by atoms with Crippen molar-refractivity contribution in [2.75, 3.05) is 0 Å². The summed E-state index contributed by atoms with van der Waals surface area (Å²) in [6.07, 6.45) is 5.78. The van der Waals surface area contributed by atoms with Gasteiger partial charge in [-0.25, -0.2) is 0 Å². The van der Waals surface area contributed by atoms with E-state index >= 15 is 0 Å². The second-order valence-electron chi connectivity index (χ2n) is 3.88. The predicted molar refractivity (Wildman–Crippen MR) is 46.0 cm³/mol. The molecule has 1 rings (SSSR count). The van der Waals surface area contributed by atoms with Crippen LogP contribution in [0.15, 0.2) is 0 Å². The Hall–Kier alpha value is 0. The van der Waals surface area contributed by atoms with Crippen molar-refractivity contribution < 1.29 is 0 Å². The Morgan fingerprint density at radius 3 is 2.00 bits per heavy atom. The Labute approximate surface area is 65.0 Å². The lowest BCUT2D eigenvalue weighted by atomic mass is 10.1. The van der Waals surface area contributed by atoms with Crippen molar-refractivity contribution in [2.24, 2.45) is 17.8 Å². The van der Waals surface area contributed by atoms with Crippen LogP contribution in [0.3, 0.4) is 0 Å². The summed E-state index contributed by atoms with van der Waals surface area (Å²) < 4.78 is 0. The summed E-state index contributed by atoms with van der Waals surface area (Å²) in [4.78, 5) is 0. The van der Waals surface area contributed by atoms with E-state index < -0.39 is 0 Å². The summed E-state index contributed by atoms with van der Waals surface area (Å²) >= 11 is 0. The molecule has 1 saturated carbocycles. The summed E-state index contributed by atoms with van der Waals surface area (Å²) in [6, 6.07) is 0. The molecule has 0 heterocycles. The van der Waals surface area contributed by atoms with E-state index in [9.17, 15) is 0 Å². The van der Waals surface area contributed by atoms with E-state index in [2.05, 4.69) is 20.8 Å². The average Bonchev–Trinajstić information content (AvgIpc) is 2.46. The highest BCUT2D eigenvalue weighted by atomic mass is 14.5. The Morgan fingerprint density at radius 2 is 1.60 bits per heavy atom. The summed E-state index contributed by atoms with van der Waals surface area (Å²) in [5.41, 5.74) is 0. The van der Waals surface area contributed by atoms with E-state index in [1.807, 2.05) is 0 Å². The van der Waals surface area contributed by atoms with Crippen molar-refractivity contribution in [1.29, 1.82) is 0 Å². The van der Waals surface area contributed by atoms with Gasteiger partial charge >= 0.3 is 0 Å². The monoisotopic (exact) mass is 140 g/mol. The van der Waals surface area contributed by atoms with Gasteiger partial charge in [-0.1, -0.05) is 40.0 Å². The quantitative estimate of drug-likeness (QED) is 0.524. The van der Waals surface area contributed by atoms with E-state index in [1.165, 1.54) is 25.7 Å². The molecule has 0 heteroatoms. The van der Waals surface area contributed by atoms with Gasteiger partial charge in [0.25, 0.3) is 0 Å². The Kier molecular flexibility index (Phi) is 2.76. The maximum Gasteiger partial charge on any atom is -0.0357 e. The zero-order valence-electron chi connectivity index (χ0n) is 7.56. The van der Waals surface area contributed by atoms with Crippen LogP contribution in [-0.4, -0.2) is 0 Å². The molecule has 0 bridgehead atoms. The van der Waals surface area contributed by atoms with Crippen molar-refractivity contribution in [2.45, 2.75) is 46.5 Å². The molecule has 0 saturated heterocycles. The average molecular weight is 140 g/mol. The van der Waals surface area contributed by atoms with Gasteiger partial charge in [0, 0.05) is 0 Å². The minimum atomic E-state index is 1.04. The molecule has 0 aromatic heterocycles. The predicted octanol–water partition coefficient (Wildman–Crippen LogP) is 3.47. The molecule has 0 aromatic carbocycles. The fourth-order valence-electron chi connectivity index (χ4n) is 1.92. The van der Waals surface area contributed by atoms with Gasteiger partial charge < -0.3 is 0 Å². The minimum Gasteiger partial charge on any atom is -0.0654 e. The Balaban J connectivity index is 1.95. The summed E-state index contributed by atoms with van der Waals surface area (Å²) in [7, 11) is 0. The van der Waals surface area contributed by atoms with Crippen LogP contribution in [0.5, 0.6) is 0 Å². The molecular formula is C10H20. The third-order valence-corrected chi connectivity index (χ3v) is 3.18.